The van der Waals surface area contributed by atoms with Crippen LogP contribution >= 0.6 is 11.8 Å². The largest absolute Gasteiger partial charge is 0.465 e. The second-order valence-corrected chi connectivity index (χ2v) is 5.48. The van der Waals surface area contributed by atoms with Crippen LogP contribution in [0.25, 0.3) is 0 Å². The molecule has 96 valence electrons. The predicted molar refractivity (Wildman–Crippen MR) is 72.1 cm³/mol. The average Bonchev–Trinajstić information content (AvgIpc) is 2.32. The first kappa shape index (κ1) is 13.1. The smallest absolute Gasteiger partial charge is 0.323 e. The molecule has 2 rings (SSSR count). The van der Waals surface area contributed by atoms with Gasteiger partial charge in [-0.2, -0.15) is 0 Å². The minimum atomic E-state index is -0.364. The molecule has 0 radical (unpaired) electrons. The molecular formula is C14H16O3S. The summed E-state index contributed by atoms with van der Waals surface area (Å²) in [5.41, 5.74) is 3.66. The van der Waals surface area contributed by atoms with Crippen LogP contribution in [0.5, 0.6) is 0 Å². The summed E-state index contributed by atoms with van der Waals surface area (Å²) in [6.07, 6.45) is 0. The van der Waals surface area contributed by atoms with Crippen LogP contribution in [-0.4, -0.2) is 24.1 Å². The van der Waals surface area contributed by atoms with Crippen molar-refractivity contribution in [2.45, 2.75) is 26.0 Å². The summed E-state index contributed by atoms with van der Waals surface area (Å²) in [5, 5.41) is -0.364. The normalized spacial score (nSPS) is 18.4. The van der Waals surface area contributed by atoms with Crippen molar-refractivity contribution in [2.75, 3.05) is 12.4 Å². The predicted octanol–water partition coefficient (Wildman–Crippen LogP) is 2.84. The molecule has 1 aliphatic rings. The molecule has 0 bridgehead atoms. The third kappa shape index (κ3) is 2.29. The van der Waals surface area contributed by atoms with Gasteiger partial charge in [-0.3, -0.25) is 9.59 Å². The number of fused-ring (bicyclic) bond motifs is 1. The van der Waals surface area contributed by atoms with Crippen molar-refractivity contribution in [1.29, 1.82) is 0 Å². The van der Waals surface area contributed by atoms with Crippen molar-refractivity contribution in [1.82, 2.24) is 0 Å². The molecule has 1 aromatic carbocycles. The van der Waals surface area contributed by atoms with Crippen molar-refractivity contribution in [3.8, 4) is 0 Å². The maximum Gasteiger partial charge on any atom is 0.323 e. The Balaban J connectivity index is 2.46. The summed E-state index contributed by atoms with van der Waals surface area (Å²) in [5.74, 6) is 0.192. The molecule has 1 aromatic rings. The van der Waals surface area contributed by atoms with Crippen LogP contribution in [0.1, 0.15) is 39.2 Å². The van der Waals surface area contributed by atoms with Gasteiger partial charge in [0.05, 0.1) is 12.4 Å². The van der Waals surface area contributed by atoms with Gasteiger partial charge >= 0.3 is 5.97 Å². The van der Waals surface area contributed by atoms with Gasteiger partial charge < -0.3 is 4.74 Å². The molecule has 1 unspecified atom stereocenters. The number of ether oxygens (including phenoxy) is 1. The van der Waals surface area contributed by atoms with E-state index in [2.05, 4.69) is 0 Å². The highest BCUT2D eigenvalue weighted by molar-refractivity contribution is 8.01. The molecule has 4 heteroatoms. The van der Waals surface area contributed by atoms with Crippen molar-refractivity contribution in [2.24, 2.45) is 0 Å². The van der Waals surface area contributed by atoms with Crippen molar-refractivity contribution in [3.05, 3.63) is 34.4 Å². The lowest BCUT2D eigenvalue weighted by atomic mass is 9.95. The van der Waals surface area contributed by atoms with E-state index in [9.17, 15) is 9.59 Å². The lowest BCUT2D eigenvalue weighted by molar-refractivity contribution is -0.142. The highest BCUT2D eigenvalue weighted by Gasteiger charge is 2.32. The van der Waals surface area contributed by atoms with Crippen molar-refractivity contribution >= 4 is 23.5 Å². The van der Waals surface area contributed by atoms with Gasteiger partial charge in [-0.1, -0.05) is 6.07 Å². The standard InChI is InChI=1S/C14H16O3S/c1-4-17-14(16)13-11-6-9(3)8(2)5-10(11)12(15)7-18-13/h5-6,13H,4,7H2,1-3H3. The van der Waals surface area contributed by atoms with Gasteiger partial charge in [0, 0.05) is 5.56 Å². The van der Waals surface area contributed by atoms with Gasteiger partial charge in [0.15, 0.2) is 5.78 Å². The zero-order chi connectivity index (χ0) is 13.3. The van der Waals surface area contributed by atoms with Gasteiger partial charge in [0.2, 0.25) is 0 Å². The van der Waals surface area contributed by atoms with Crippen LogP contribution in [0.4, 0.5) is 0 Å². The van der Waals surface area contributed by atoms with Gasteiger partial charge in [0.25, 0.3) is 0 Å². The number of rotatable bonds is 2. The zero-order valence-electron chi connectivity index (χ0n) is 10.8. The summed E-state index contributed by atoms with van der Waals surface area (Å²) < 4.78 is 5.07. The van der Waals surface area contributed by atoms with E-state index in [0.29, 0.717) is 17.9 Å². The first-order valence-electron chi connectivity index (χ1n) is 5.97. The fourth-order valence-electron chi connectivity index (χ4n) is 2.04. The number of carbonyl (C=O) groups is 2. The lowest BCUT2D eigenvalue weighted by Crippen LogP contribution is -2.23. The van der Waals surface area contributed by atoms with E-state index in [1.807, 2.05) is 26.0 Å². The maximum absolute atomic E-state index is 11.9. The molecule has 0 aliphatic carbocycles. The molecule has 0 aromatic heterocycles. The molecule has 1 heterocycles. The fourth-order valence-corrected chi connectivity index (χ4v) is 3.09. The lowest BCUT2D eigenvalue weighted by Gasteiger charge is -2.23. The van der Waals surface area contributed by atoms with Crippen LogP contribution in [0.3, 0.4) is 0 Å². The molecule has 0 N–H and O–H groups in total. The number of esters is 1. The van der Waals surface area contributed by atoms with Crippen LogP contribution in [0, 0.1) is 13.8 Å². The first-order valence-corrected chi connectivity index (χ1v) is 7.02. The molecule has 1 aliphatic heterocycles. The molecule has 18 heavy (non-hydrogen) atoms. The van der Waals surface area contributed by atoms with Crippen LogP contribution in [-0.2, 0) is 9.53 Å². The monoisotopic (exact) mass is 264 g/mol. The second kappa shape index (κ2) is 5.14. The van der Waals surface area contributed by atoms with E-state index in [0.717, 1.165) is 16.7 Å². The van der Waals surface area contributed by atoms with E-state index in [1.165, 1.54) is 11.8 Å². The van der Waals surface area contributed by atoms with Crippen molar-refractivity contribution in [3.63, 3.8) is 0 Å². The van der Waals surface area contributed by atoms with Crippen LogP contribution in [0.2, 0.25) is 0 Å². The Bertz CT molecular complexity index is 508. The number of benzene rings is 1. The molecule has 0 saturated heterocycles. The van der Waals surface area contributed by atoms with Gasteiger partial charge in [-0.25, -0.2) is 0 Å². The Morgan fingerprint density at radius 1 is 1.39 bits per heavy atom. The fraction of sp³-hybridized carbons (Fsp3) is 0.429. The van der Waals surface area contributed by atoms with E-state index in [-0.39, 0.29) is 17.0 Å². The Hall–Kier alpha value is -1.29. The summed E-state index contributed by atoms with van der Waals surface area (Å²) in [6.45, 7) is 6.12. The topological polar surface area (TPSA) is 43.4 Å². The summed E-state index contributed by atoms with van der Waals surface area (Å²) in [4.78, 5) is 23.8. The second-order valence-electron chi connectivity index (χ2n) is 4.39. The van der Waals surface area contributed by atoms with Gasteiger partial charge in [0.1, 0.15) is 5.25 Å². The number of Topliss-reactive ketones (excluding diaryl/α,β-unsaturated/α-hetero) is 1. The third-order valence-corrected chi connectivity index (χ3v) is 4.34. The number of aryl methyl sites for hydroxylation is 2. The van der Waals surface area contributed by atoms with Gasteiger partial charge in [-0.15, -0.1) is 11.8 Å². The minimum absolute atomic E-state index is 0.0960. The quantitative estimate of drug-likeness (QED) is 0.770. The molecular weight excluding hydrogens is 248 g/mol. The van der Waals surface area contributed by atoms with E-state index >= 15 is 0 Å². The molecule has 0 spiro atoms. The molecule has 0 fully saturated rings. The van der Waals surface area contributed by atoms with Crippen molar-refractivity contribution < 1.29 is 14.3 Å². The Labute approximate surface area is 111 Å². The maximum atomic E-state index is 11.9. The van der Waals surface area contributed by atoms with Crippen LogP contribution in [0.15, 0.2) is 12.1 Å². The SMILES string of the molecule is CCOC(=O)C1SCC(=O)c2cc(C)c(C)cc21. The Kier molecular flexibility index (Phi) is 3.76. The number of ketones is 1. The highest BCUT2D eigenvalue weighted by Crippen LogP contribution is 2.38. The molecule has 1 atom stereocenters. The van der Waals surface area contributed by atoms with E-state index in [1.54, 1.807) is 6.92 Å². The summed E-state index contributed by atoms with van der Waals surface area (Å²) in [6, 6.07) is 3.83. The summed E-state index contributed by atoms with van der Waals surface area (Å²) in [7, 11) is 0. The third-order valence-electron chi connectivity index (χ3n) is 3.13. The zero-order valence-corrected chi connectivity index (χ0v) is 11.6. The number of hydrogen-bond acceptors (Lipinski definition) is 4. The van der Waals surface area contributed by atoms with Gasteiger partial charge in [-0.05, 0) is 43.5 Å². The number of carbonyl (C=O) groups excluding carboxylic acids is 2. The summed E-state index contributed by atoms with van der Waals surface area (Å²) >= 11 is 1.35. The average molecular weight is 264 g/mol. The highest BCUT2D eigenvalue weighted by atomic mass is 32.2. The molecule has 0 amide bonds. The Morgan fingerprint density at radius 3 is 2.72 bits per heavy atom. The van der Waals surface area contributed by atoms with E-state index < -0.39 is 0 Å². The van der Waals surface area contributed by atoms with Crippen LogP contribution < -0.4 is 0 Å². The Morgan fingerprint density at radius 2 is 2.06 bits per heavy atom. The minimum Gasteiger partial charge on any atom is -0.465 e. The number of thioether (sulfide) groups is 1. The first-order chi connectivity index (χ1) is 8.54. The molecule has 3 nitrogen and oxygen atoms in total. The number of hydrogen-bond donors (Lipinski definition) is 0. The van der Waals surface area contributed by atoms with E-state index in [4.69, 9.17) is 4.74 Å². The molecule has 0 saturated carbocycles.